The van der Waals surface area contributed by atoms with E-state index in [-0.39, 0.29) is 17.6 Å². The molecule has 1 heteroatoms. The highest BCUT2D eigenvalue weighted by Gasteiger charge is 2.19. The van der Waals surface area contributed by atoms with Crippen LogP contribution in [-0.4, -0.2) is 5.78 Å². The molecule has 1 nitrogen and oxygen atoms in total. The summed E-state index contributed by atoms with van der Waals surface area (Å²) in [5.74, 6) is 0.349. The van der Waals surface area contributed by atoms with Gasteiger partial charge in [-0.2, -0.15) is 0 Å². The monoisotopic (exact) mass is 188 g/mol. The molecule has 0 aliphatic carbocycles. The van der Waals surface area contributed by atoms with Gasteiger partial charge in [0.1, 0.15) is 5.78 Å². The number of benzene rings is 1. The third kappa shape index (κ3) is 2.32. The summed E-state index contributed by atoms with van der Waals surface area (Å²) in [5, 5.41) is 0. The Labute approximate surface area is 85.5 Å². The molecule has 74 valence electrons. The van der Waals surface area contributed by atoms with Crippen LogP contribution in [-0.2, 0) is 4.79 Å². The van der Waals surface area contributed by atoms with E-state index < -0.39 is 0 Å². The van der Waals surface area contributed by atoms with Crippen molar-refractivity contribution in [3.8, 4) is 0 Å². The molecule has 0 aliphatic rings. The molecule has 1 aromatic carbocycles. The van der Waals surface area contributed by atoms with E-state index in [1.165, 1.54) is 0 Å². The van der Waals surface area contributed by atoms with Crippen molar-refractivity contribution in [3.63, 3.8) is 0 Å². The van der Waals surface area contributed by atoms with E-state index in [9.17, 15) is 4.79 Å². The Morgan fingerprint density at radius 2 is 1.93 bits per heavy atom. The summed E-state index contributed by atoms with van der Waals surface area (Å²) in [4.78, 5) is 11.3. The van der Waals surface area contributed by atoms with Gasteiger partial charge in [0.2, 0.25) is 0 Å². The van der Waals surface area contributed by atoms with Crippen molar-refractivity contribution in [1.29, 1.82) is 0 Å². The minimum atomic E-state index is 0.00917. The van der Waals surface area contributed by atoms with Crippen molar-refractivity contribution in [3.05, 3.63) is 48.6 Å². The molecule has 0 saturated carbocycles. The zero-order chi connectivity index (χ0) is 10.6. The van der Waals surface area contributed by atoms with E-state index in [2.05, 4.69) is 6.58 Å². The predicted molar refractivity (Wildman–Crippen MR) is 59.2 cm³/mol. The van der Waals surface area contributed by atoms with Crippen molar-refractivity contribution in [2.45, 2.75) is 19.8 Å². The van der Waals surface area contributed by atoms with Gasteiger partial charge >= 0.3 is 0 Å². The van der Waals surface area contributed by atoms with Crippen molar-refractivity contribution in [1.82, 2.24) is 0 Å². The second kappa shape index (κ2) is 4.75. The molecule has 1 rings (SSSR count). The molecule has 0 heterocycles. The van der Waals surface area contributed by atoms with Gasteiger partial charge in [0, 0.05) is 11.8 Å². The van der Waals surface area contributed by atoms with Crippen LogP contribution in [0.15, 0.2) is 43.0 Å². The van der Waals surface area contributed by atoms with Crippen molar-refractivity contribution >= 4 is 5.78 Å². The van der Waals surface area contributed by atoms with Crippen molar-refractivity contribution < 1.29 is 4.79 Å². The molecule has 0 bridgehead atoms. The molecular weight excluding hydrogens is 172 g/mol. The highest BCUT2D eigenvalue weighted by atomic mass is 16.1. The number of carbonyl (C=O) groups is 1. The molecule has 0 aliphatic heterocycles. The number of ketones is 1. The molecule has 1 unspecified atom stereocenters. The first-order valence-electron chi connectivity index (χ1n) is 4.84. The van der Waals surface area contributed by atoms with E-state index in [0.717, 1.165) is 5.56 Å². The fraction of sp³-hybridized carbons (Fsp3) is 0.308. The maximum Gasteiger partial charge on any atom is 0.133 e. The van der Waals surface area contributed by atoms with Crippen LogP contribution in [0.3, 0.4) is 0 Å². The van der Waals surface area contributed by atoms with E-state index in [0.29, 0.717) is 0 Å². The zero-order valence-electron chi connectivity index (χ0n) is 8.73. The molecule has 14 heavy (non-hydrogen) atoms. The SMILES string of the molecule is C=C[C@@H](c1ccccc1)C(C)C(C)=O. The van der Waals surface area contributed by atoms with Gasteiger partial charge in [-0.1, -0.05) is 43.3 Å². The van der Waals surface area contributed by atoms with Crippen LogP contribution in [0.4, 0.5) is 0 Å². The molecule has 0 spiro atoms. The van der Waals surface area contributed by atoms with Gasteiger partial charge in [-0.15, -0.1) is 6.58 Å². The summed E-state index contributed by atoms with van der Waals surface area (Å²) >= 11 is 0. The molecule has 0 aromatic heterocycles. The van der Waals surface area contributed by atoms with Crippen molar-refractivity contribution in [2.24, 2.45) is 5.92 Å². The molecule has 1 aromatic rings. The number of allylic oxidation sites excluding steroid dienone is 1. The Balaban J connectivity index is 2.93. The Bertz CT molecular complexity index is 313. The van der Waals surface area contributed by atoms with E-state index >= 15 is 0 Å². The van der Waals surface area contributed by atoms with Gasteiger partial charge in [0.05, 0.1) is 0 Å². The van der Waals surface area contributed by atoms with Crippen LogP contribution >= 0.6 is 0 Å². The molecule has 0 N–H and O–H groups in total. The zero-order valence-corrected chi connectivity index (χ0v) is 8.73. The van der Waals surface area contributed by atoms with Gasteiger partial charge in [-0.05, 0) is 12.5 Å². The van der Waals surface area contributed by atoms with E-state index in [1.807, 2.05) is 43.3 Å². The molecular formula is C13H16O. The molecule has 0 amide bonds. The molecule has 2 atom stereocenters. The first-order valence-corrected chi connectivity index (χ1v) is 4.84. The third-order valence-electron chi connectivity index (χ3n) is 2.62. The first-order chi connectivity index (χ1) is 6.66. The summed E-state index contributed by atoms with van der Waals surface area (Å²) in [7, 11) is 0. The van der Waals surface area contributed by atoms with Crippen LogP contribution in [0.1, 0.15) is 25.3 Å². The summed E-state index contributed by atoms with van der Waals surface area (Å²) in [6, 6.07) is 10.0. The second-order valence-corrected chi connectivity index (χ2v) is 3.57. The predicted octanol–water partition coefficient (Wildman–Crippen LogP) is 3.18. The van der Waals surface area contributed by atoms with Gasteiger partial charge in [-0.3, -0.25) is 4.79 Å². The van der Waals surface area contributed by atoms with Crippen LogP contribution in [0.2, 0.25) is 0 Å². The Hall–Kier alpha value is -1.37. The lowest BCUT2D eigenvalue weighted by Crippen LogP contribution is -2.15. The number of carbonyl (C=O) groups excluding carboxylic acids is 1. The van der Waals surface area contributed by atoms with Gasteiger partial charge in [0.25, 0.3) is 0 Å². The maximum atomic E-state index is 11.3. The van der Waals surface area contributed by atoms with Crippen LogP contribution in [0.25, 0.3) is 0 Å². The van der Waals surface area contributed by atoms with Crippen molar-refractivity contribution in [2.75, 3.05) is 0 Å². The normalized spacial score (nSPS) is 14.4. The fourth-order valence-corrected chi connectivity index (χ4v) is 1.56. The highest BCUT2D eigenvalue weighted by Crippen LogP contribution is 2.25. The smallest absolute Gasteiger partial charge is 0.133 e. The fourth-order valence-electron chi connectivity index (χ4n) is 1.56. The Morgan fingerprint density at radius 1 is 1.36 bits per heavy atom. The summed E-state index contributed by atoms with van der Waals surface area (Å²) in [6.07, 6.45) is 1.85. The lowest BCUT2D eigenvalue weighted by Gasteiger charge is -2.18. The average molecular weight is 188 g/mol. The van der Waals surface area contributed by atoms with Gasteiger partial charge < -0.3 is 0 Å². The first kappa shape index (κ1) is 10.7. The number of hydrogen-bond donors (Lipinski definition) is 0. The molecule has 0 fully saturated rings. The minimum absolute atomic E-state index is 0.00917. The second-order valence-electron chi connectivity index (χ2n) is 3.57. The standard InChI is InChI=1S/C13H16O/c1-4-13(10(2)11(3)14)12-8-6-5-7-9-12/h4-10,13H,1H2,2-3H3/t10?,13-/m1/s1. The maximum absolute atomic E-state index is 11.3. The summed E-state index contributed by atoms with van der Waals surface area (Å²) < 4.78 is 0. The molecule has 0 saturated heterocycles. The molecule has 0 radical (unpaired) electrons. The topological polar surface area (TPSA) is 17.1 Å². The van der Waals surface area contributed by atoms with E-state index in [4.69, 9.17) is 0 Å². The lowest BCUT2D eigenvalue weighted by atomic mass is 9.85. The van der Waals surface area contributed by atoms with E-state index in [1.54, 1.807) is 6.92 Å². The van der Waals surface area contributed by atoms with Crippen LogP contribution in [0, 0.1) is 5.92 Å². The largest absolute Gasteiger partial charge is 0.300 e. The Morgan fingerprint density at radius 3 is 2.36 bits per heavy atom. The number of hydrogen-bond acceptors (Lipinski definition) is 1. The minimum Gasteiger partial charge on any atom is -0.300 e. The van der Waals surface area contributed by atoms with Gasteiger partial charge in [-0.25, -0.2) is 0 Å². The lowest BCUT2D eigenvalue weighted by molar-refractivity contribution is -0.120. The third-order valence-corrected chi connectivity index (χ3v) is 2.62. The highest BCUT2D eigenvalue weighted by molar-refractivity contribution is 5.79. The summed E-state index contributed by atoms with van der Waals surface area (Å²) in [5.41, 5.74) is 1.16. The number of rotatable bonds is 4. The Kier molecular flexibility index (Phi) is 3.63. The number of Topliss-reactive ketones (excluding diaryl/α,β-unsaturated/α-hetero) is 1. The van der Waals surface area contributed by atoms with Gasteiger partial charge in [0.15, 0.2) is 0 Å². The van der Waals surface area contributed by atoms with Crippen LogP contribution < -0.4 is 0 Å². The quantitative estimate of drug-likeness (QED) is 0.663. The van der Waals surface area contributed by atoms with Crippen LogP contribution in [0.5, 0.6) is 0 Å². The average Bonchev–Trinajstić information content (AvgIpc) is 2.20. The summed E-state index contributed by atoms with van der Waals surface area (Å²) in [6.45, 7) is 7.36.